The van der Waals surface area contributed by atoms with Crippen molar-refractivity contribution in [1.29, 1.82) is 0 Å². The Labute approximate surface area is 153 Å². The third-order valence-electron chi connectivity index (χ3n) is 4.76. The number of hydrogen-bond donors (Lipinski definition) is 1. The Morgan fingerprint density at radius 1 is 1.23 bits per heavy atom. The second kappa shape index (κ2) is 7.84. The molecule has 1 aliphatic heterocycles. The van der Waals surface area contributed by atoms with Crippen molar-refractivity contribution in [2.75, 3.05) is 38.3 Å². The van der Waals surface area contributed by atoms with Crippen LogP contribution in [0.3, 0.4) is 0 Å². The van der Waals surface area contributed by atoms with Crippen molar-refractivity contribution in [3.8, 4) is 0 Å². The molecule has 2 aromatic rings. The molecule has 1 unspecified atom stereocenters. The van der Waals surface area contributed by atoms with Crippen molar-refractivity contribution in [2.24, 2.45) is 0 Å². The van der Waals surface area contributed by atoms with Crippen LogP contribution >= 0.6 is 0 Å². The second-order valence-corrected chi connectivity index (χ2v) is 6.83. The molecule has 0 amide bonds. The molecule has 0 spiro atoms. The number of hydrogen-bond acceptors (Lipinski definition) is 5. The van der Waals surface area contributed by atoms with Gasteiger partial charge < -0.3 is 14.5 Å². The van der Waals surface area contributed by atoms with E-state index in [0.29, 0.717) is 18.1 Å². The van der Waals surface area contributed by atoms with Crippen LogP contribution in [0.25, 0.3) is 0 Å². The zero-order chi connectivity index (χ0) is 18.7. The van der Waals surface area contributed by atoms with Crippen molar-refractivity contribution in [3.63, 3.8) is 0 Å². The van der Waals surface area contributed by atoms with Crippen LogP contribution in [0.2, 0.25) is 0 Å². The lowest BCUT2D eigenvalue weighted by molar-refractivity contribution is -0.917. The first-order valence-corrected chi connectivity index (χ1v) is 8.87. The van der Waals surface area contributed by atoms with Gasteiger partial charge in [0.15, 0.2) is 6.67 Å². The van der Waals surface area contributed by atoms with Crippen LogP contribution < -0.4 is 9.80 Å². The van der Waals surface area contributed by atoms with Gasteiger partial charge in [-0.2, -0.15) is 5.10 Å². The van der Waals surface area contributed by atoms with Gasteiger partial charge in [0, 0.05) is 24.3 Å². The molecule has 2 heterocycles. The molecule has 1 aromatic heterocycles. The fourth-order valence-corrected chi connectivity index (χ4v) is 3.41. The summed E-state index contributed by atoms with van der Waals surface area (Å²) in [5.74, 6) is 0. The molecular weight excluding hydrogens is 334 g/mol. The molecule has 140 valence electrons. The highest BCUT2D eigenvalue weighted by atomic mass is 16.6. The van der Waals surface area contributed by atoms with E-state index in [2.05, 4.69) is 41.3 Å². The van der Waals surface area contributed by atoms with Crippen molar-refractivity contribution in [2.45, 2.75) is 27.1 Å². The molecule has 8 heteroatoms. The van der Waals surface area contributed by atoms with Crippen LogP contribution in [0.1, 0.15) is 17.0 Å². The second-order valence-electron chi connectivity index (χ2n) is 6.83. The van der Waals surface area contributed by atoms with E-state index in [1.807, 2.05) is 0 Å². The minimum atomic E-state index is -0.353. The predicted octanol–water partition coefficient (Wildman–Crippen LogP) is 0.917. The summed E-state index contributed by atoms with van der Waals surface area (Å²) < 4.78 is 7.12. The van der Waals surface area contributed by atoms with E-state index in [1.54, 1.807) is 18.5 Å². The van der Waals surface area contributed by atoms with E-state index < -0.39 is 0 Å². The summed E-state index contributed by atoms with van der Waals surface area (Å²) in [6.07, 6.45) is 0. The number of ether oxygens (including phenoxy) is 1. The zero-order valence-corrected chi connectivity index (χ0v) is 15.6. The summed E-state index contributed by atoms with van der Waals surface area (Å²) in [4.78, 5) is 14.3. The van der Waals surface area contributed by atoms with E-state index in [1.165, 1.54) is 16.2 Å². The molecule has 1 aliphatic rings. The molecule has 0 saturated carbocycles. The number of nitrogens with one attached hydrogen (secondary N) is 1. The third-order valence-corrected chi connectivity index (χ3v) is 4.76. The number of morpholine rings is 1. The number of aromatic nitrogens is 2. The maximum absolute atomic E-state index is 11.1. The first kappa shape index (κ1) is 18.3. The van der Waals surface area contributed by atoms with Gasteiger partial charge in [-0.3, -0.25) is 10.1 Å². The molecule has 1 fully saturated rings. The molecule has 26 heavy (non-hydrogen) atoms. The highest BCUT2D eigenvalue weighted by Crippen LogP contribution is 2.21. The van der Waals surface area contributed by atoms with Crippen molar-refractivity contribution < 1.29 is 14.6 Å². The van der Waals surface area contributed by atoms with Gasteiger partial charge in [-0.1, -0.05) is 12.1 Å². The van der Waals surface area contributed by atoms with Crippen LogP contribution in [0, 0.1) is 24.0 Å². The molecule has 0 radical (unpaired) electrons. The SMILES string of the molecule is Cc1nn(C[NH+](C)Cc2ccc(N3CCOCC3)cc2)c(C)c1[N+](=O)[O-]. The molecule has 1 N–H and O–H groups in total. The smallest absolute Gasteiger partial charge is 0.312 e. The van der Waals surface area contributed by atoms with Gasteiger partial charge in [0.1, 0.15) is 17.9 Å². The number of nitrogens with zero attached hydrogens (tertiary/aromatic N) is 4. The Morgan fingerprint density at radius 2 is 1.88 bits per heavy atom. The zero-order valence-electron chi connectivity index (χ0n) is 15.6. The van der Waals surface area contributed by atoms with Crippen LogP contribution in [-0.4, -0.2) is 48.1 Å². The first-order chi connectivity index (χ1) is 12.5. The Bertz CT molecular complexity index is 766. The van der Waals surface area contributed by atoms with Crippen molar-refractivity contribution >= 4 is 11.4 Å². The minimum absolute atomic E-state index is 0.118. The van der Waals surface area contributed by atoms with Gasteiger partial charge in [0.25, 0.3) is 0 Å². The summed E-state index contributed by atoms with van der Waals surface area (Å²) >= 11 is 0. The first-order valence-electron chi connectivity index (χ1n) is 8.87. The van der Waals surface area contributed by atoms with Crippen LogP contribution in [0.5, 0.6) is 0 Å². The Kier molecular flexibility index (Phi) is 5.53. The van der Waals surface area contributed by atoms with Gasteiger partial charge in [0.05, 0.1) is 25.2 Å². The standard InChI is InChI=1S/C18H25N5O3/c1-14-18(23(24)25)15(2)22(19-14)13-20(3)12-16-4-6-17(7-5-16)21-8-10-26-11-9-21/h4-7H,8-13H2,1-3H3/p+1. The number of aryl methyl sites for hydroxylation is 1. The van der Waals surface area contributed by atoms with Gasteiger partial charge in [-0.25, -0.2) is 4.68 Å². The highest BCUT2D eigenvalue weighted by Gasteiger charge is 2.23. The van der Waals surface area contributed by atoms with Gasteiger partial charge >= 0.3 is 5.69 Å². The largest absolute Gasteiger partial charge is 0.378 e. The van der Waals surface area contributed by atoms with Crippen molar-refractivity contribution in [1.82, 2.24) is 9.78 Å². The van der Waals surface area contributed by atoms with Gasteiger partial charge in [-0.05, 0) is 26.0 Å². The molecule has 0 bridgehead atoms. The average molecular weight is 360 g/mol. The molecular formula is C18H26N5O3+. The molecule has 1 aromatic carbocycles. The molecule has 1 atom stereocenters. The van der Waals surface area contributed by atoms with E-state index in [4.69, 9.17) is 4.74 Å². The maximum atomic E-state index is 11.1. The Hall–Kier alpha value is -2.45. The van der Waals surface area contributed by atoms with Crippen LogP contribution in [0.15, 0.2) is 24.3 Å². The number of nitro groups is 1. The predicted molar refractivity (Wildman–Crippen MR) is 98.4 cm³/mol. The Balaban J connectivity index is 1.62. The molecule has 0 aliphatic carbocycles. The lowest BCUT2D eigenvalue weighted by Gasteiger charge is -2.29. The topological polar surface area (TPSA) is 77.9 Å². The minimum Gasteiger partial charge on any atom is -0.378 e. The van der Waals surface area contributed by atoms with Crippen LogP contribution in [-0.2, 0) is 18.0 Å². The monoisotopic (exact) mass is 360 g/mol. The maximum Gasteiger partial charge on any atom is 0.312 e. The fraction of sp³-hybridized carbons (Fsp3) is 0.500. The third kappa shape index (κ3) is 4.03. The summed E-state index contributed by atoms with van der Waals surface area (Å²) in [6.45, 7) is 8.28. The summed E-state index contributed by atoms with van der Waals surface area (Å²) in [5, 5.41) is 15.5. The van der Waals surface area contributed by atoms with E-state index in [-0.39, 0.29) is 10.6 Å². The molecule has 8 nitrogen and oxygen atoms in total. The Morgan fingerprint density at radius 3 is 2.46 bits per heavy atom. The highest BCUT2D eigenvalue weighted by molar-refractivity contribution is 5.47. The number of benzene rings is 1. The van der Waals surface area contributed by atoms with E-state index in [0.717, 1.165) is 32.8 Å². The summed E-state index contributed by atoms with van der Waals surface area (Å²) in [7, 11) is 2.07. The summed E-state index contributed by atoms with van der Waals surface area (Å²) in [5.41, 5.74) is 3.65. The van der Waals surface area contributed by atoms with E-state index in [9.17, 15) is 10.1 Å². The quantitative estimate of drug-likeness (QED) is 0.612. The lowest BCUT2D eigenvalue weighted by atomic mass is 10.2. The van der Waals surface area contributed by atoms with Gasteiger partial charge in [-0.15, -0.1) is 0 Å². The lowest BCUT2D eigenvalue weighted by Crippen LogP contribution is -3.07. The van der Waals surface area contributed by atoms with E-state index >= 15 is 0 Å². The molecule has 1 saturated heterocycles. The fourth-order valence-electron chi connectivity index (χ4n) is 3.41. The van der Waals surface area contributed by atoms with Crippen LogP contribution in [0.4, 0.5) is 11.4 Å². The average Bonchev–Trinajstić information content (AvgIpc) is 2.89. The normalized spacial score (nSPS) is 15.9. The molecule has 3 rings (SSSR count). The number of quaternary nitrogens is 1. The van der Waals surface area contributed by atoms with Gasteiger partial charge in [0.2, 0.25) is 0 Å². The summed E-state index contributed by atoms with van der Waals surface area (Å²) in [6, 6.07) is 8.61. The number of anilines is 1. The van der Waals surface area contributed by atoms with Crippen molar-refractivity contribution in [3.05, 3.63) is 51.3 Å². The number of rotatable bonds is 6.